The number of nitrogens with one attached hydrogen (secondary N) is 1. The molecule has 1 heterocycles. The molecular weight excluding hydrogens is 256 g/mol. The Bertz CT molecular complexity index is 373. The molecule has 0 atom stereocenters. The Balaban J connectivity index is 1.68. The van der Waals surface area contributed by atoms with E-state index in [0.29, 0.717) is 5.41 Å². The third kappa shape index (κ3) is 3.87. The lowest BCUT2D eigenvalue weighted by Crippen LogP contribution is -2.60. The van der Waals surface area contributed by atoms with E-state index in [-0.39, 0.29) is 12.5 Å². The second-order valence-electron chi connectivity index (χ2n) is 7.17. The minimum Gasteiger partial charge on any atom is -0.444 e. The van der Waals surface area contributed by atoms with Gasteiger partial charge < -0.3 is 15.0 Å². The third-order valence-electron chi connectivity index (χ3n) is 4.10. The van der Waals surface area contributed by atoms with E-state index < -0.39 is 11.7 Å². The lowest BCUT2D eigenvalue weighted by Gasteiger charge is -2.52. The molecule has 0 radical (unpaired) electrons. The van der Waals surface area contributed by atoms with Crippen molar-refractivity contribution in [3.63, 3.8) is 0 Å². The van der Waals surface area contributed by atoms with E-state index in [9.17, 15) is 9.59 Å². The number of carbonyl (C=O) groups is 2. The van der Waals surface area contributed by atoms with E-state index in [2.05, 4.69) is 5.32 Å². The Hall–Kier alpha value is -1.26. The number of alkyl carbamates (subject to hydrolysis) is 1. The molecule has 1 spiro atoms. The van der Waals surface area contributed by atoms with Gasteiger partial charge in [-0.05, 0) is 33.6 Å². The highest BCUT2D eigenvalue weighted by Gasteiger charge is 2.45. The first-order valence-corrected chi connectivity index (χ1v) is 7.54. The fourth-order valence-electron chi connectivity index (χ4n) is 3.13. The standard InChI is InChI=1S/C15H26N2O3/c1-14(2,3)20-13(19)16-9-12(18)17-10-15(11-17)7-5-4-6-8-15/h4-11H2,1-3H3,(H,16,19). The lowest BCUT2D eigenvalue weighted by atomic mass is 9.68. The predicted octanol–water partition coefficient (Wildman–Crippen LogP) is 2.30. The van der Waals surface area contributed by atoms with Crippen molar-refractivity contribution in [1.29, 1.82) is 0 Å². The zero-order valence-electron chi connectivity index (χ0n) is 12.8. The summed E-state index contributed by atoms with van der Waals surface area (Å²) in [4.78, 5) is 25.3. The van der Waals surface area contributed by atoms with Crippen LogP contribution in [0.25, 0.3) is 0 Å². The van der Waals surface area contributed by atoms with Crippen LogP contribution in [0.15, 0.2) is 0 Å². The Morgan fingerprint density at radius 2 is 1.75 bits per heavy atom. The maximum Gasteiger partial charge on any atom is 0.408 e. The highest BCUT2D eigenvalue weighted by atomic mass is 16.6. The maximum atomic E-state index is 12.0. The van der Waals surface area contributed by atoms with Crippen LogP contribution in [0.4, 0.5) is 4.79 Å². The first-order valence-electron chi connectivity index (χ1n) is 7.54. The van der Waals surface area contributed by atoms with Crippen LogP contribution in [0.3, 0.4) is 0 Å². The number of hydrogen-bond donors (Lipinski definition) is 1. The lowest BCUT2D eigenvalue weighted by molar-refractivity contribution is -0.144. The van der Waals surface area contributed by atoms with Gasteiger partial charge >= 0.3 is 6.09 Å². The monoisotopic (exact) mass is 282 g/mol. The number of amides is 2. The Morgan fingerprint density at radius 1 is 1.15 bits per heavy atom. The topological polar surface area (TPSA) is 58.6 Å². The summed E-state index contributed by atoms with van der Waals surface area (Å²) < 4.78 is 5.11. The second kappa shape index (κ2) is 5.62. The van der Waals surface area contributed by atoms with Crippen molar-refractivity contribution in [1.82, 2.24) is 10.2 Å². The number of carbonyl (C=O) groups excluding carboxylic acids is 2. The van der Waals surface area contributed by atoms with Crippen molar-refractivity contribution in [3.8, 4) is 0 Å². The highest BCUT2D eigenvalue weighted by molar-refractivity contribution is 5.83. The largest absolute Gasteiger partial charge is 0.444 e. The van der Waals surface area contributed by atoms with Gasteiger partial charge in [-0.2, -0.15) is 0 Å². The number of ether oxygens (including phenoxy) is 1. The molecule has 2 rings (SSSR count). The summed E-state index contributed by atoms with van der Waals surface area (Å²) in [5.41, 5.74) is -0.143. The quantitative estimate of drug-likeness (QED) is 0.845. The predicted molar refractivity (Wildman–Crippen MR) is 76.3 cm³/mol. The van der Waals surface area contributed by atoms with Gasteiger partial charge in [0.25, 0.3) is 0 Å². The van der Waals surface area contributed by atoms with E-state index in [0.717, 1.165) is 13.1 Å². The van der Waals surface area contributed by atoms with E-state index >= 15 is 0 Å². The van der Waals surface area contributed by atoms with Crippen molar-refractivity contribution in [2.24, 2.45) is 5.41 Å². The van der Waals surface area contributed by atoms with Crippen LogP contribution in [0, 0.1) is 5.41 Å². The molecule has 1 aliphatic carbocycles. The Kier molecular flexibility index (Phi) is 4.25. The molecule has 1 N–H and O–H groups in total. The summed E-state index contributed by atoms with van der Waals surface area (Å²) in [5.74, 6) is -0.00735. The molecule has 20 heavy (non-hydrogen) atoms. The van der Waals surface area contributed by atoms with Crippen LogP contribution in [-0.4, -0.2) is 42.1 Å². The maximum absolute atomic E-state index is 12.0. The van der Waals surface area contributed by atoms with Crippen molar-refractivity contribution >= 4 is 12.0 Å². The molecule has 2 fully saturated rings. The molecule has 0 aromatic rings. The van der Waals surface area contributed by atoms with E-state index in [4.69, 9.17) is 4.74 Å². The molecule has 0 unspecified atom stereocenters. The first-order chi connectivity index (χ1) is 9.30. The molecule has 1 saturated heterocycles. The first kappa shape index (κ1) is 15.1. The van der Waals surface area contributed by atoms with Crippen molar-refractivity contribution in [2.45, 2.75) is 58.5 Å². The molecule has 2 aliphatic rings. The van der Waals surface area contributed by atoms with Gasteiger partial charge in [0.2, 0.25) is 5.91 Å². The van der Waals surface area contributed by atoms with E-state index in [1.807, 2.05) is 4.90 Å². The van der Waals surface area contributed by atoms with Gasteiger partial charge in [-0.25, -0.2) is 4.79 Å². The van der Waals surface area contributed by atoms with Gasteiger partial charge in [-0.1, -0.05) is 19.3 Å². The minimum atomic E-state index is -0.532. The summed E-state index contributed by atoms with van der Waals surface area (Å²) in [6.07, 6.45) is 5.87. The van der Waals surface area contributed by atoms with Gasteiger partial charge in [0.1, 0.15) is 12.1 Å². The van der Waals surface area contributed by atoms with Gasteiger partial charge in [-0.3, -0.25) is 4.79 Å². The zero-order valence-corrected chi connectivity index (χ0v) is 12.8. The highest BCUT2D eigenvalue weighted by Crippen LogP contribution is 2.43. The van der Waals surface area contributed by atoms with Crippen molar-refractivity contribution in [2.75, 3.05) is 19.6 Å². The summed E-state index contributed by atoms with van der Waals surface area (Å²) in [6, 6.07) is 0. The van der Waals surface area contributed by atoms with Crippen molar-refractivity contribution in [3.05, 3.63) is 0 Å². The normalized spacial score (nSPS) is 21.2. The van der Waals surface area contributed by atoms with E-state index in [1.54, 1.807) is 20.8 Å². The van der Waals surface area contributed by atoms with Crippen LogP contribution in [0.2, 0.25) is 0 Å². The van der Waals surface area contributed by atoms with E-state index in [1.165, 1.54) is 32.1 Å². The molecule has 5 heteroatoms. The van der Waals surface area contributed by atoms with Crippen LogP contribution >= 0.6 is 0 Å². The Labute approximate surface area is 121 Å². The van der Waals surface area contributed by atoms with Crippen LogP contribution in [-0.2, 0) is 9.53 Å². The molecule has 0 aromatic carbocycles. The summed E-state index contributed by atoms with van der Waals surface area (Å²) in [6.45, 7) is 7.17. The minimum absolute atomic E-state index is 0.00735. The molecule has 2 amide bonds. The van der Waals surface area contributed by atoms with Crippen LogP contribution in [0.1, 0.15) is 52.9 Å². The average molecular weight is 282 g/mol. The molecule has 0 aromatic heterocycles. The summed E-state index contributed by atoms with van der Waals surface area (Å²) in [5, 5.41) is 2.53. The SMILES string of the molecule is CC(C)(C)OC(=O)NCC(=O)N1CC2(CCCCC2)C1. The van der Waals surface area contributed by atoms with Crippen LogP contribution in [0.5, 0.6) is 0 Å². The number of nitrogens with zero attached hydrogens (tertiary/aromatic N) is 1. The number of hydrogen-bond acceptors (Lipinski definition) is 3. The number of rotatable bonds is 2. The van der Waals surface area contributed by atoms with Crippen LogP contribution < -0.4 is 5.32 Å². The molecule has 114 valence electrons. The average Bonchev–Trinajstić information content (AvgIpc) is 2.32. The smallest absolute Gasteiger partial charge is 0.408 e. The Morgan fingerprint density at radius 3 is 2.30 bits per heavy atom. The molecule has 5 nitrogen and oxygen atoms in total. The van der Waals surface area contributed by atoms with Gasteiger partial charge in [0.15, 0.2) is 0 Å². The fraction of sp³-hybridized carbons (Fsp3) is 0.867. The molecule has 1 saturated carbocycles. The third-order valence-corrected chi connectivity index (χ3v) is 4.10. The van der Waals surface area contributed by atoms with Gasteiger partial charge in [0.05, 0.1) is 0 Å². The van der Waals surface area contributed by atoms with Gasteiger partial charge in [0, 0.05) is 18.5 Å². The molecular formula is C15H26N2O3. The summed E-state index contributed by atoms with van der Waals surface area (Å²) in [7, 11) is 0. The zero-order chi connectivity index (χ0) is 14.8. The molecule has 1 aliphatic heterocycles. The van der Waals surface area contributed by atoms with Crippen molar-refractivity contribution < 1.29 is 14.3 Å². The molecule has 0 bridgehead atoms. The summed E-state index contributed by atoms with van der Waals surface area (Å²) >= 11 is 0. The number of likely N-dealkylation sites (tertiary alicyclic amines) is 1. The second-order valence-corrected chi connectivity index (χ2v) is 7.17. The van der Waals surface area contributed by atoms with Gasteiger partial charge in [-0.15, -0.1) is 0 Å². The fourth-order valence-corrected chi connectivity index (χ4v) is 3.13.